The molecule has 2 aliphatic carbocycles. The van der Waals surface area contributed by atoms with Crippen molar-refractivity contribution in [1.29, 1.82) is 0 Å². The SMILES string of the molecule is CO[Si](CC(SC(C)=O)C12CCC(CC1)C2)(OC)OC. The molecule has 116 valence electrons. The van der Waals surface area contributed by atoms with Crippen LogP contribution in [0.4, 0.5) is 0 Å². The largest absolute Gasteiger partial charge is 0.501 e. The van der Waals surface area contributed by atoms with E-state index in [1.807, 2.05) is 0 Å². The van der Waals surface area contributed by atoms with E-state index in [2.05, 4.69) is 0 Å². The second kappa shape index (κ2) is 6.48. The Balaban J connectivity index is 2.17. The summed E-state index contributed by atoms with van der Waals surface area (Å²) in [5.41, 5.74) is 0.300. The Bertz CT molecular complexity index is 343. The monoisotopic (exact) mass is 318 g/mol. The quantitative estimate of drug-likeness (QED) is 0.675. The Kier molecular flexibility index (Phi) is 5.34. The third-order valence-electron chi connectivity index (χ3n) is 5.16. The number of fused-ring (bicyclic) bond motifs is 2. The van der Waals surface area contributed by atoms with Crippen molar-refractivity contribution in [2.24, 2.45) is 11.3 Å². The Morgan fingerprint density at radius 3 is 2.15 bits per heavy atom. The number of hydrogen-bond donors (Lipinski definition) is 0. The second-order valence-electron chi connectivity index (χ2n) is 6.11. The summed E-state index contributed by atoms with van der Waals surface area (Å²) in [6, 6.07) is 0.730. The molecule has 0 amide bonds. The Morgan fingerprint density at radius 2 is 1.80 bits per heavy atom. The highest BCUT2D eigenvalue weighted by Crippen LogP contribution is 2.60. The summed E-state index contributed by atoms with van der Waals surface area (Å²) in [5.74, 6) is 0.869. The minimum absolute atomic E-state index is 0.186. The van der Waals surface area contributed by atoms with E-state index < -0.39 is 8.80 Å². The number of thioether (sulfide) groups is 1. The van der Waals surface area contributed by atoms with Gasteiger partial charge < -0.3 is 13.3 Å². The van der Waals surface area contributed by atoms with Crippen LogP contribution in [0.25, 0.3) is 0 Å². The van der Waals surface area contributed by atoms with Crippen molar-refractivity contribution in [3.8, 4) is 0 Å². The zero-order valence-corrected chi connectivity index (χ0v) is 14.8. The molecular weight excluding hydrogens is 292 g/mol. The van der Waals surface area contributed by atoms with Gasteiger partial charge in [-0.3, -0.25) is 4.79 Å². The molecule has 6 heteroatoms. The summed E-state index contributed by atoms with van der Waals surface area (Å²) in [7, 11) is 2.32. The Labute approximate surface area is 127 Å². The molecule has 0 aromatic rings. The van der Waals surface area contributed by atoms with Crippen LogP contribution in [-0.4, -0.2) is 40.5 Å². The molecular formula is C14H26O4SSi. The standard InChI is InChI=1S/C14H26O4SSi/c1-11(15)19-13(10-20(16-2,17-3)18-4)14-7-5-12(9-14)6-8-14/h12-13H,5-10H2,1-4H3. The minimum Gasteiger partial charge on any atom is -0.377 e. The van der Waals surface area contributed by atoms with E-state index in [0.29, 0.717) is 5.41 Å². The molecule has 0 radical (unpaired) electrons. The van der Waals surface area contributed by atoms with Gasteiger partial charge in [-0.05, 0) is 43.4 Å². The summed E-state index contributed by atoms with van der Waals surface area (Å²) in [6.45, 7) is 1.66. The lowest BCUT2D eigenvalue weighted by atomic mass is 9.81. The van der Waals surface area contributed by atoms with E-state index in [1.54, 1.807) is 28.3 Å². The van der Waals surface area contributed by atoms with E-state index in [-0.39, 0.29) is 10.4 Å². The van der Waals surface area contributed by atoms with Crippen LogP contribution in [-0.2, 0) is 18.1 Å². The Hall–Kier alpha value is 0.117. The molecule has 2 saturated carbocycles. The van der Waals surface area contributed by atoms with Gasteiger partial charge in [-0.2, -0.15) is 0 Å². The van der Waals surface area contributed by atoms with Crippen LogP contribution in [0.3, 0.4) is 0 Å². The van der Waals surface area contributed by atoms with E-state index in [4.69, 9.17) is 13.3 Å². The first-order valence-corrected chi connectivity index (χ1v) is 10.1. The normalized spacial score (nSPS) is 30.7. The van der Waals surface area contributed by atoms with Crippen molar-refractivity contribution in [2.45, 2.75) is 50.3 Å². The van der Waals surface area contributed by atoms with Crippen LogP contribution >= 0.6 is 11.8 Å². The lowest BCUT2D eigenvalue weighted by Crippen LogP contribution is -2.48. The summed E-state index contributed by atoms with van der Waals surface area (Å²) >= 11 is 1.48. The van der Waals surface area contributed by atoms with Crippen LogP contribution in [0.1, 0.15) is 39.0 Å². The molecule has 2 rings (SSSR count). The van der Waals surface area contributed by atoms with E-state index in [9.17, 15) is 4.79 Å². The van der Waals surface area contributed by atoms with Crippen molar-refractivity contribution in [2.75, 3.05) is 21.3 Å². The van der Waals surface area contributed by atoms with Gasteiger partial charge in [0.15, 0.2) is 5.12 Å². The van der Waals surface area contributed by atoms with Gasteiger partial charge in [0.1, 0.15) is 0 Å². The minimum atomic E-state index is -2.63. The van der Waals surface area contributed by atoms with Crippen LogP contribution in [0.2, 0.25) is 6.04 Å². The van der Waals surface area contributed by atoms with Gasteiger partial charge in [-0.25, -0.2) is 0 Å². The third kappa shape index (κ3) is 3.14. The molecule has 1 unspecified atom stereocenters. The zero-order valence-electron chi connectivity index (χ0n) is 12.9. The van der Waals surface area contributed by atoms with Crippen LogP contribution in [0.5, 0.6) is 0 Å². The molecule has 0 N–H and O–H groups in total. The molecule has 2 aliphatic rings. The van der Waals surface area contributed by atoms with Crippen LogP contribution in [0, 0.1) is 11.3 Å². The maximum Gasteiger partial charge on any atom is 0.501 e. The van der Waals surface area contributed by atoms with Gasteiger partial charge in [0.2, 0.25) is 0 Å². The highest BCUT2D eigenvalue weighted by molar-refractivity contribution is 8.14. The van der Waals surface area contributed by atoms with Crippen molar-refractivity contribution in [3.63, 3.8) is 0 Å². The predicted molar refractivity (Wildman–Crippen MR) is 82.7 cm³/mol. The van der Waals surface area contributed by atoms with Crippen molar-refractivity contribution < 1.29 is 18.1 Å². The van der Waals surface area contributed by atoms with Crippen molar-refractivity contribution >= 4 is 25.7 Å². The second-order valence-corrected chi connectivity index (χ2v) is 10.5. The van der Waals surface area contributed by atoms with E-state index in [0.717, 1.165) is 12.0 Å². The molecule has 0 heterocycles. The molecule has 0 aliphatic heterocycles. The molecule has 20 heavy (non-hydrogen) atoms. The fourth-order valence-electron chi connectivity index (χ4n) is 4.00. The lowest BCUT2D eigenvalue weighted by molar-refractivity contribution is -0.109. The Morgan fingerprint density at radius 1 is 1.25 bits per heavy atom. The number of hydrogen-bond acceptors (Lipinski definition) is 5. The lowest BCUT2D eigenvalue weighted by Gasteiger charge is -2.38. The van der Waals surface area contributed by atoms with Crippen molar-refractivity contribution in [1.82, 2.24) is 0 Å². The smallest absolute Gasteiger partial charge is 0.377 e. The average Bonchev–Trinajstić information content (AvgIpc) is 3.05. The summed E-state index contributed by atoms with van der Waals surface area (Å²) in [4.78, 5) is 11.7. The molecule has 0 saturated heterocycles. The number of carbonyl (C=O) groups excluding carboxylic acids is 1. The first kappa shape index (κ1) is 16.5. The van der Waals surface area contributed by atoms with Gasteiger partial charge in [0, 0.05) is 39.5 Å². The summed E-state index contributed by atoms with van der Waals surface area (Å²) < 4.78 is 16.7. The number of rotatable bonds is 7. The summed E-state index contributed by atoms with van der Waals surface area (Å²) in [6.07, 6.45) is 6.38. The fourth-order valence-corrected chi connectivity index (χ4v) is 7.82. The van der Waals surface area contributed by atoms with E-state index >= 15 is 0 Å². The highest BCUT2D eigenvalue weighted by atomic mass is 32.2. The predicted octanol–water partition coefficient (Wildman–Crippen LogP) is 3.09. The molecule has 0 aromatic carbocycles. The van der Waals surface area contributed by atoms with Crippen LogP contribution in [0.15, 0.2) is 0 Å². The maximum atomic E-state index is 11.7. The van der Waals surface area contributed by atoms with Gasteiger partial charge >= 0.3 is 8.80 Å². The molecule has 0 spiro atoms. The zero-order chi connectivity index (χ0) is 14.8. The van der Waals surface area contributed by atoms with Gasteiger partial charge in [-0.15, -0.1) is 0 Å². The maximum absolute atomic E-state index is 11.7. The molecule has 2 fully saturated rings. The van der Waals surface area contributed by atoms with Crippen molar-refractivity contribution in [3.05, 3.63) is 0 Å². The average molecular weight is 319 g/mol. The van der Waals surface area contributed by atoms with E-state index in [1.165, 1.54) is 43.9 Å². The van der Waals surface area contributed by atoms with Gasteiger partial charge in [-0.1, -0.05) is 11.8 Å². The highest BCUT2D eigenvalue weighted by Gasteiger charge is 2.54. The first-order chi connectivity index (χ1) is 9.49. The fraction of sp³-hybridized carbons (Fsp3) is 0.929. The molecule has 2 bridgehead atoms. The molecule has 0 aromatic heterocycles. The molecule has 1 atom stereocenters. The first-order valence-electron chi connectivity index (χ1n) is 7.32. The third-order valence-corrected chi connectivity index (χ3v) is 9.51. The van der Waals surface area contributed by atoms with Gasteiger partial charge in [0.25, 0.3) is 0 Å². The van der Waals surface area contributed by atoms with Crippen LogP contribution < -0.4 is 0 Å². The van der Waals surface area contributed by atoms with Gasteiger partial charge in [0.05, 0.1) is 0 Å². The molecule has 4 nitrogen and oxygen atoms in total. The number of carbonyl (C=O) groups is 1. The topological polar surface area (TPSA) is 44.8 Å². The summed E-state index contributed by atoms with van der Waals surface area (Å²) in [5, 5.41) is 0.449.